The average Bonchev–Trinajstić information content (AvgIpc) is 2.21. The van der Waals surface area contributed by atoms with Gasteiger partial charge in [-0.15, -0.1) is 0 Å². The molecule has 2 aromatic rings. The van der Waals surface area contributed by atoms with Crippen LogP contribution in [0.15, 0.2) is 30.6 Å². The van der Waals surface area contributed by atoms with Gasteiger partial charge in [0.1, 0.15) is 0 Å². The second-order valence-corrected chi connectivity index (χ2v) is 5.20. The minimum atomic E-state index is -0.218. The molecule has 2 N–H and O–H groups in total. The Balaban J connectivity index is 2.59. The van der Waals surface area contributed by atoms with Crippen molar-refractivity contribution in [3.05, 3.63) is 41.2 Å². The number of hydrogen-bond acceptors (Lipinski definition) is 2. The van der Waals surface area contributed by atoms with Gasteiger partial charge in [0.2, 0.25) is 0 Å². The van der Waals surface area contributed by atoms with E-state index in [1.54, 1.807) is 12.4 Å². The highest BCUT2D eigenvalue weighted by Crippen LogP contribution is 2.27. The van der Waals surface area contributed by atoms with Crippen molar-refractivity contribution in [2.45, 2.75) is 25.8 Å². The summed E-state index contributed by atoms with van der Waals surface area (Å²) in [6, 6.07) is 5.94. The molecule has 1 aromatic heterocycles. The van der Waals surface area contributed by atoms with Crippen LogP contribution in [-0.2, 0) is 6.42 Å². The fourth-order valence-corrected chi connectivity index (χ4v) is 2.08. The maximum atomic E-state index is 6.13. The van der Waals surface area contributed by atoms with Crippen LogP contribution in [0, 0.1) is 0 Å². The molecule has 0 aliphatic rings. The second-order valence-electron chi connectivity index (χ2n) is 4.79. The summed E-state index contributed by atoms with van der Waals surface area (Å²) in [6.45, 7) is 4.04. The van der Waals surface area contributed by atoms with Crippen molar-refractivity contribution >= 4 is 22.4 Å². The van der Waals surface area contributed by atoms with E-state index in [-0.39, 0.29) is 5.54 Å². The van der Waals surface area contributed by atoms with Gasteiger partial charge in [0.15, 0.2) is 0 Å². The van der Waals surface area contributed by atoms with Crippen molar-refractivity contribution in [3.63, 3.8) is 0 Å². The quantitative estimate of drug-likeness (QED) is 0.867. The number of pyridine rings is 1. The molecular weight excluding hydrogens is 220 g/mol. The lowest BCUT2D eigenvalue weighted by Gasteiger charge is -2.19. The summed E-state index contributed by atoms with van der Waals surface area (Å²) >= 11 is 6.13. The number of aromatic nitrogens is 1. The zero-order valence-corrected chi connectivity index (χ0v) is 10.3. The van der Waals surface area contributed by atoms with Gasteiger partial charge in [0.25, 0.3) is 0 Å². The molecule has 84 valence electrons. The molecule has 0 fully saturated rings. The molecule has 0 saturated carbocycles. The van der Waals surface area contributed by atoms with Crippen LogP contribution in [0.4, 0.5) is 0 Å². The highest BCUT2D eigenvalue weighted by atomic mass is 35.5. The Morgan fingerprint density at radius 3 is 2.69 bits per heavy atom. The number of nitrogens with zero attached hydrogens (tertiary/aromatic N) is 1. The number of hydrogen-bond donors (Lipinski definition) is 1. The number of benzene rings is 1. The van der Waals surface area contributed by atoms with E-state index in [4.69, 9.17) is 17.3 Å². The molecule has 0 amide bonds. The fourth-order valence-electron chi connectivity index (χ4n) is 1.86. The monoisotopic (exact) mass is 234 g/mol. The molecule has 0 spiro atoms. The molecule has 0 aliphatic heterocycles. The van der Waals surface area contributed by atoms with E-state index in [2.05, 4.69) is 4.98 Å². The normalized spacial score (nSPS) is 12.0. The lowest BCUT2D eigenvalue weighted by atomic mass is 9.93. The SMILES string of the molecule is CC(C)(N)Cc1ccc(Cl)c2cnccc12. The topological polar surface area (TPSA) is 38.9 Å². The maximum absolute atomic E-state index is 6.13. The number of halogens is 1. The first-order valence-electron chi connectivity index (χ1n) is 5.27. The van der Waals surface area contributed by atoms with Gasteiger partial charge in [-0.05, 0) is 43.4 Å². The molecule has 0 aliphatic carbocycles. The summed E-state index contributed by atoms with van der Waals surface area (Å²) in [6.07, 6.45) is 4.40. The first-order chi connectivity index (χ1) is 7.47. The van der Waals surface area contributed by atoms with E-state index in [9.17, 15) is 0 Å². The summed E-state index contributed by atoms with van der Waals surface area (Å²) in [5, 5.41) is 2.87. The molecule has 1 aromatic carbocycles. The zero-order chi connectivity index (χ0) is 11.8. The highest BCUT2D eigenvalue weighted by molar-refractivity contribution is 6.35. The van der Waals surface area contributed by atoms with E-state index >= 15 is 0 Å². The highest BCUT2D eigenvalue weighted by Gasteiger charge is 2.14. The van der Waals surface area contributed by atoms with Crippen molar-refractivity contribution in [3.8, 4) is 0 Å². The molecule has 2 nitrogen and oxygen atoms in total. The van der Waals surface area contributed by atoms with Gasteiger partial charge in [-0.2, -0.15) is 0 Å². The van der Waals surface area contributed by atoms with Crippen LogP contribution in [-0.4, -0.2) is 10.5 Å². The van der Waals surface area contributed by atoms with Crippen LogP contribution >= 0.6 is 11.6 Å². The Morgan fingerprint density at radius 1 is 1.25 bits per heavy atom. The van der Waals surface area contributed by atoms with Gasteiger partial charge in [0.05, 0.1) is 0 Å². The molecular formula is C13H15ClN2. The van der Waals surface area contributed by atoms with Crippen molar-refractivity contribution in [1.29, 1.82) is 0 Å². The zero-order valence-electron chi connectivity index (χ0n) is 9.50. The Labute approximate surface area is 100 Å². The lowest BCUT2D eigenvalue weighted by Crippen LogP contribution is -2.34. The molecule has 3 heteroatoms. The Hall–Kier alpha value is -1.12. The van der Waals surface area contributed by atoms with Crippen molar-refractivity contribution in [1.82, 2.24) is 4.98 Å². The largest absolute Gasteiger partial charge is 0.325 e. The standard InChI is InChI=1S/C13H15ClN2/c1-13(2,15)7-9-3-4-12(14)11-8-16-6-5-10(9)11/h3-6,8H,7,15H2,1-2H3. The fraction of sp³-hybridized carbons (Fsp3) is 0.308. The van der Waals surface area contributed by atoms with Gasteiger partial charge < -0.3 is 5.73 Å². The van der Waals surface area contributed by atoms with Crippen LogP contribution in [0.3, 0.4) is 0 Å². The smallest absolute Gasteiger partial charge is 0.0500 e. The summed E-state index contributed by atoms with van der Waals surface area (Å²) in [7, 11) is 0. The molecule has 0 atom stereocenters. The van der Waals surface area contributed by atoms with Crippen LogP contribution in [0.25, 0.3) is 10.8 Å². The molecule has 1 heterocycles. The first-order valence-corrected chi connectivity index (χ1v) is 5.65. The van der Waals surface area contributed by atoms with Crippen LogP contribution in [0.5, 0.6) is 0 Å². The number of fused-ring (bicyclic) bond motifs is 1. The summed E-state index contributed by atoms with van der Waals surface area (Å²) in [5.41, 5.74) is 7.05. The third kappa shape index (κ3) is 2.34. The van der Waals surface area contributed by atoms with E-state index < -0.39 is 0 Å². The van der Waals surface area contributed by atoms with Gasteiger partial charge in [-0.1, -0.05) is 17.7 Å². The Kier molecular flexibility index (Phi) is 2.87. The van der Waals surface area contributed by atoms with Crippen LogP contribution < -0.4 is 5.73 Å². The van der Waals surface area contributed by atoms with Crippen LogP contribution in [0.2, 0.25) is 5.02 Å². The van der Waals surface area contributed by atoms with Gasteiger partial charge >= 0.3 is 0 Å². The van der Waals surface area contributed by atoms with Gasteiger partial charge in [0, 0.05) is 28.3 Å². The number of rotatable bonds is 2. The minimum Gasteiger partial charge on any atom is -0.325 e. The maximum Gasteiger partial charge on any atom is 0.0500 e. The summed E-state index contributed by atoms with van der Waals surface area (Å²) in [4.78, 5) is 4.10. The van der Waals surface area contributed by atoms with Gasteiger partial charge in [-0.25, -0.2) is 0 Å². The average molecular weight is 235 g/mol. The van der Waals surface area contributed by atoms with Gasteiger partial charge in [-0.3, -0.25) is 4.98 Å². The molecule has 0 bridgehead atoms. The van der Waals surface area contributed by atoms with E-state index in [1.807, 2.05) is 32.0 Å². The third-order valence-corrected chi connectivity index (χ3v) is 2.83. The molecule has 2 rings (SSSR count). The van der Waals surface area contributed by atoms with E-state index in [1.165, 1.54) is 5.56 Å². The van der Waals surface area contributed by atoms with E-state index in [0.717, 1.165) is 22.2 Å². The first kappa shape index (κ1) is 11.4. The summed E-state index contributed by atoms with van der Waals surface area (Å²) in [5.74, 6) is 0. The predicted molar refractivity (Wildman–Crippen MR) is 68.7 cm³/mol. The summed E-state index contributed by atoms with van der Waals surface area (Å²) < 4.78 is 0. The molecule has 0 saturated heterocycles. The van der Waals surface area contributed by atoms with Crippen molar-refractivity contribution in [2.24, 2.45) is 5.73 Å². The van der Waals surface area contributed by atoms with Crippen molar-refractivity contribution < 1.29 is 0 Å². The van der Waals surface area contributed by atoms with Crippen molar-refractivity contribution in [2.75, 3.05) is 0 Å². The molecule has 0 unspecified atom stereocenters. The lowest BCUT2D eigenvalue weighted by molar-refractivity contribution is 0.518. The number of nitrogens with two attached hydrogens (primary N) is 1. The minimum absolute atomic E-state index is 0.218. The Morgan fingerprint density at radius 2 is 2.00 bits per heavy atom. The predicted octanol–water partition coefficient (Wildman–Crippen LogP) is 3.17. The Bertz CT molecular complexity index is 515. The third-order valence-electron chi connectivity index (χ3n) is 2.50. The molecule has 16 heavy (non-hydrogen) atoms. The molecule has 0 radical (unpaired) electrons. The second kappa shape index (κ2) is 4.04. The van der Waals surface area contributed by atoms with Crippen LogP contribution in [0.1, 0.15) is 19.4 Å². The van der Waals surface area contributed by atoms with E-state index in [0.29, 0.717) is 0 Å².